The maximum atomic E-state index is 12.3. The van der Waals surface area contributed by atoms with E-state index < -0.39 is 0 Å². The zero-order chi connectivity index (χ0) is 16.9. The van der Waals surface area contributed by atoms with Gasteiger partial charge in [0.1, 0.15) is 18.1 Å². The molecule has 2 aromatic rings. The third kappa shape index (κ3) is 5.49. The first-order chi connectivity index (χ1) is 11.6. The Morgan fingerprint density at radius 2 is 2.24 bits per heavy atom. The number of hydrogen-bond acceptors (Lipinski definition) is 4. The zero-order valence-electron chi connectivity index (χ0n) is 14.0. The van der Waals surface area contributed by atoms with Crippen LogP contribution < -0.4 is 15.4 Å². The van der Waals surface area contributed by atoms with Gasteiger partial charge in [-0.3, -0.25) is 4.79 Å². The third-order valence-corrected chi connectivity index (χ3v) is 4.63. The van der Waals surface area contributed by atoms with Gasteiger partial charge in [-0.25, -0.2) is 0 Å². The largest absolute Gasteiger partial charge is 0.486 e. The monoisotopic (exact) mass is 428 g/mol. The van der Waals surface area contributed by atoms with E-state index in [-0.39, 0.29) is 37.0 Å². The Balaban J connectivity index is 0.00000225. The number of hydrogen-bond donors (Lipinski definition) is 2. The highest BCUT2D eigenvalue weighted by atomic mass is 79.9. The Morgan fingerprint density at radius 3 is 3.00 bits per heavy atom. The molecular weight excluding hydrogens is 408 g/mol. The summed E-state index contributed by atoms with van der Waals surface area (Å²) in [5.41, 5.74) is 0. The number of piperidine rings is 1. The van der Waals surface area contributed by atoms with Crippen LogP contribution in [-0.4, -0.2) is 24.5 Å². The van der Waals surface area contributed by atoms with Gasteiger partial charge in [0.05, 0.1) is 0 Å². The van der Waals surface area contributed by atoms with Crippen molar-refractivity contribution < 1.29 is 13.9 Å². The summed E-state index contributed by atoms with van der Waals surface area (Å²) in [5, 5.41) is 6.41. The Morgan fingerprint density at radius 1 is 1.40 bits per heavy atom. The molecule has 1 aromatic carbocycles. The topological polar surface area (TPSA) is 63.5 Å². The van der Waals surface area contributed by atoms with Crippen molar-refractivity contribution in [3.63, 3.8) is 0 Å². The lowest BCUT2D eigenvalue weighted by Crippen LogP contribution is -2.51. The Hall–Kier alpha value is -1.50. The molecule has 1 saturated heterocycles. The van der Waals surface area contributed by atoms with Gasteiger partial charge in [0.2, 0.25) is 0 Å². The summed E-state index contributed by atoms with van der Waals surface area (Å²) < 4.78 is 12.2. The quantitative estimate of drug-likeness (QED) is 0.756. The highest BCUT2D eigenvalue weighted by molar-refractivity contribution is 9.10. The minimum atomic E-state index is -0.177. The molecule has 1 aliphatic rings. The molecule has 2 heterocycles. The molecule has 1 fully saturated rings. The molecule has 0 saturated carbocycles. The van der Waals surface area contributed by atoms with Crippen molar-refractivity contribution >= 4 is 34.2 Å². The molecule has 2 N–H and O–H groups in total. The molecule has 0 aliphatic carbocycles. The maximum Gasteiger partial charge on any atom is 0.287 e. The number of nitrogens with one attached hydrogen (secondary N) is 2. The van der Waals surface area contributed by atoms with Crippen LogP contribution in [0.15, 0.2) is 45.3 Å². The van der Waals surface area contributed by atoms with Gasteiger partial charge in [0.25, 0.3) is 5.91 Å². The average Bonchev–Trinajstić information content (AvgIpc) is 3.04. The number of furan rings is 1. The van der Waals surface area contributed by atoms with Gasteiger partial charge in [0, 0.05) is 16.6 Å². The third-order valence-electron chi connectivity index (χ3n) is 4.14. The van der Waals surface area contributed by atoms with Crippen LogP contribution in [0.5, 0.6) is 5.75 Å². The van der Waals surface area contributed by atoms with Crippen LogP contribution in [0.2, 0.25) is 0 Å². The molecule has 3 rings (SSSR count). The number of halogens is 2. The van der Waals surface area contributed by atoms with E-state index >= 15 is 0 Å². The number of amides is 1. The number of carbonyl (C=O) groups excluding carboxylic acids is 1. The zero-order valence-corrected chi connectivity index (χ0v) is 16.4. The summed E-state index contributed by atoms with van der Waals surface area (Å²) in [5.74, 6) is 1.51. The van der Waals surface area contributed by atoms with Gasteiger partial charge >= 0.3 is 0 Å². The molecule has 2 atom stereocenters. The van der Waals surface area contributed by atoms with Gasteiger partial charge in [-0.15, -0.1) is 12.4 Å². The van der Waals surface area contributed by atoms with Crippen molar-refractivity contribution in [1.29, 1.82) is 0 Å². The normalized spacial score (nSPS) is 19.8. The van der Waals surface area contributed by atoms with Crippen LogP contribution in [0.4, 0.5) is 0 Å². The van der Waals surface area contributed by atoms with E-state index in [9.17, 15) is 4.79 Å². The number of benzene rings is 1. The summed E-state index contributed by atoms with van der Waals surface area (Å²) in [4.78, 5) is 12.3. The fourth-order valence-corrected chi connectivity index (χ4v) is 3.15. The summed E-state index contributed by atoms with van der Waals surface area (Å²) in [7, 11) is 0. The van der Waals surface area contributed by atoms with Crippen LogP contribution in [0, 0.1) is 0 Å². The van der Waals surface area contributed by atoms with E-state index in [1.807, 2.05) is 24.3 Å². The molecule has 1 aliphatic heterocycles. The molecule has 0 spiro atoms. The molecule has 0 radical (unpaired) electrons. The highest BCUT2D eigenvalue weighted by Gasteiger charge is 2.24. The molecular formula is C18H22BrClN2O3. The fourth-order valence-electron chi connectivity index (χ4n) is 2.77. The van der Waals surface area contributed by atoms with Gasteiger partial charge in [-0.2, -0.15) is 0 Å². The van der Waals surface area contributed by atoms with Crippen molar-refractivity contribution in [1.82, 2.24) is 10.6 Å². The number of carbonyl (C=O) groups is 1. The summed E-state index contributed by atoms with van der Waals surface area (Å²) in [6, 6.07) is 11.5. The molecule has 1 amide bonds. The average molecular weight is 430 g/mol. The molecule has 7 heteroatoms. The van der Waals surface area contributed by atoms with Crippen molar-refractivity contribution in [3.05, 3.63) is 52.4 Å². The minimum absolute atomic E-state index is 0. The number of ether oxygens (including phenoxy) is 1. The van der Waals surface area contributed by atoms with Crippen molar-refractivity contribution in [2.45, 2.75) is 38.5 Å². The fraction of sp³-hybridized carbons (Fsp3) is 0.389. The molecule has 25 heavy (non-hydrogen) atoms. The summed E-state index contributed by atoms with van der Waals surface area (Å²) >= 11 is 3.40. The number of rotatable bonds is 5. The second-order valence-corrected chi connectivity index (χ2v) is 6.89. The van der Waals surface area contributed by atoms with Crippen LogP contribution in [-0.2, 0) is 6.61 Å². The van der Waals surface area contributed by atoms with Gasteiger partial charge in [0.15, 0.2) is 5.76 Å². The van der Waals surface area contributed by atoms with E-state index in [0.717, 1.165) is 29.6 Å². The second kappa shape index (κ2) is 9.27. The maximum absolute atomic E-state index is 12.3. The molecule has 1 aromatic heterocycles. The van der Waals surface area contributed by atoms with Crippen LogP contribution in [0.3, 0.4) is 0 Å². The van der Waals surface area contributed by atoms with Crippen LogP contribution in [0.25, 0.3) is 0 Å². The van der Waals surface area contributed by atoms with Crippen LogP contribution >= 0.6 is 28.3 Å². The lowest BCUT2D eigenvalue weighted by atomic mass is 10.00. The molecule has 0 bridgehead atoms. The van der Waals surface area contributed by atoms with Crippen LogP contribution in [0.1, 0.15) is 36.1 Å². The van der Waals surface area contributed by atoms with E-state index in [1.54, 1.807) is 12.1 Å². The van der Waals surface area contributed by atoms with Gasteiger partial charge in [-0.05, 0) is 56.6 Å². The first-order valence-electron chi connectivity index (χ1n) is 8.13. The van der Waals surface area contributed by atoms with E-state index in [4.69, 9.17) is 9.15 Å². The van der Waals surface area contributed by atoms with E-state index in [2.05, 4.69) is 33.5 Å². The molecule has 2 unspecified atom stereocenters. The Labute approximate surface area is 162 Å². The first kappa shape index (κ1) is 19.8. The SMILES string of the molecule is CC1NCCCC1NC(=O)c1ccc(COc2cccc(Br)c2)o1.Cl. The first-order valence-corrected chi connectivity index (χ1v) is 8.92. The molecule has 5 nitrogen and oxygen atoms in total. The molecule has 136 valence electrons. The lowest BCUT2D eigenvalue weighted by molar-refractivity contribution is 0.0887. The predicted octanol–water partition coefficient (Wildman–Crippen LogP) is 3.91. The second-order valence-electron chi connectivity index (χ2n) is 5.98. The lowest BCUT2D eigenvalue weighted by Gasteiger charge is -2.30. The van der Waals surface area contributed by atoms with Crippen molar-refractivity contribution in [3.8, 4) is 5.75 Å². The van der Waals surface area contributed by atoms with Gasteiger partial charge < -0.3 is 19.8 Å². The van der Waals surface area contributed by atoms with E-state index in [1.165, 1.54) is 0 Å². The van der Waals surface area contributed by atoms with Crippen molar-refractivity contribution in [2.75, 3.05) is 6.54 Å². The van der Waals surface area contributed by atoms with E-state index in [0.29, 0.717) is 11.5 Å². The smallest absolute Gasteiger partial charge is 0.287 e. The van der Waals surface area contributed by atoms with Gasteiger partial charge in [-0.1, -0.05) is 22.0 Å². The Bertz CT molecular complexity index is 707. The standard InChI is InChI=1S/C18H21BrN2O3.ClH/c1-12-16(6-3-9-20-12)21-18(22)17-8-7-15(24-17)11-23-14-5-2-4-13(19)10-14;/h2,4-5,7-8,10,12,16,20H,3,6,9,11H2,1H3,(H,21,22);1H. The van der Waals surface area contributed by atoms with Crippen molar-refractivity contribution in [2.24, 2.45) is 0 Å². The highest BCUT2D eigenvalue weighted by Crippen LogP contribution is 2.19. The summed E-state index contributed by atoms with van der Waals surface area (Å²) in [6.45, 7) is 3.37. The predicted molar refractivity (Wildman–Crippen MR) is 102 cm³/mol. The summed E-state index contributed by atoms with van der Waals surface area (Å²) in [6.07, 6.45) is 2.05. The minimum Gasteiger partial charge on any atom is -0.486 e. The Kier molecular flexibility index (Phi) is 7.35.